The Hall–Kier alpha value is -1.09. The second-order valence-electron chi connectivity index (χ2n) is 8.31. The van der Waals surface area contributed by atoms with Crippen molar-refractivity contribution >= 4 is 34.8 Å². The summed E-state index contributed by atoms with van der Waals surface area (Å²) in [7, 11) is 0. The molecule has 160 valence electrons. The van der Waals surface area contributed by atoms with E-state index in [1.807, 2.05) is 31.2 Å². The second kappa shape index (κ2) is 10.8. The van der Waals surface area contributed by atoms with Gasteiger partial charge in [0.15, 0.2) is 5.75 Å². The van der Waals surface area contributed by atoms with Crippen molar-refractivity contribution in [1.82, 2.24) is 0 Å². The number of ether oxygens (including phenoxy) is 2. The summed E-state index contributed by atoms with van der Waals surface area (Å²) in [5, 5.41) is 1.02. The van der Waals surface area contributed by atoms with Crippen molar-refractivity contribution in [3.8, 4) is 11.5 Å². The van der Waals surface area contributed by atoms with E-state index in [9.17, 15) is 0 Å². The van der Waals surface area contributed by atoms with Gasteiger partial charge in [0.05, 0.1) is 23.3 Å². The van der Waals surface area contributed by atoms with Crippen molar-refractivity contribution in [2.75, 3.05) is 19.1 Å². The summed E-state index contributed by atoms with van der Waals surface area (Å²) in [6.45, 7) is 11.9. The van der Waals surface area contributed by atoms with Gasteiger partial charge in [0.1, 0.15) is 5.75 Å². The third kappa shape index (κ3) is 6.44. The highest BCUT2D eigenvalue weighted by molar-refractivity contribution is 6.37. The third-order valence-electron chi connectivity index (χ3n) is 5.30. The van der Waals surface area contributed by atoms with Crippen molar-refractivity contribution in [2.45, 2.75) is 46.5 Å². The molecule has 2 atom stereocenters. The van der Waals surface area contributed by atoms with Gasteiger partial charge in [-0.1, -0.05) is 76.4 Å². The minimum Gasteiger partial charge on any atom is -0.493 e. The van der Waals surface area contributed by atoms with Crippen LogP contribution in [0.4, 0.5) is 0 Å². The Morgan fingerprint density at radius 2 is 1.41 bits per heavy atom. The largest absolute Gasteiger partial charge is 0.493 e. The first kappa shape index (κ1) is 24.2. The fourth-order valence-corrected chi connectivity index (χ4v) is 3.50. The van der Waals surface area contributed by atoms with E-state index in [1.165, 1.54) is 0 Å². The smallest absolute Gasteiger partial charge is 0.156 e. The molecule has 0 aromatic heterocycles. The number of halogens is 3. The molecular weight excluding hydrogens is 427 g/mol. The molecule has 0 heterocycles. The molecule has 5 heteroatoms. The summed E-state index contributed by atoms with van der Waals surface area (Å²) in [4.78, 5) is 0. The third-order valence-corrected chi connectivity index (χ3v) is 6.39. The average molecular weight is 458 g/mol. The van der Waals surface area contributed by atoms with Crippen LogP contribution in [0.3, 0.4) is 0 Å². The van der Waals surface area contributed by atoms with Gasteiger partial charge in [-0.15, -0.1) is 11.6 Å². The Kier molecular flexibility index (Phi) is 9.00. The quantitative estimate of drug-likeness (QED) is 0.336. The van der Waals surface area contributed by atoms with Gasteiger partial charge in [0.25, 0.3) is 0 Å². The van der Waals surface area contributed by atoms with Gasteiger partial charge in [-0.3, -0.25) is 0 Å². The van der Waals surface area contributed by atoms with E-state index in [4.69, 9.17) is 44.3 Å². The predicted octanol–water partition coefficient (Wildman–Crippen LogP) is 8.00. The van der Waals surface area contributed by atoms with Crippen molar-refractivity contribution in [2.24, 2.45) is 11.8 Å². The van der Waals surface area contributed by atoms with Crippen molar-refractivity contribution < 1.29 is 9.47 Å². The van der Waals surface area contributed by atoms with Gasteiger partial charge in [0, 0.05) is 17.2 Å². The van der Waals surface area contributed by atoms with E-state index in [-0.39, 0.29) is 11.3 Å². The number of benzene rings is 2. The number of rotatable bonds is 10. The second-order valence-corrected chi connectivity index (χ2v) is 9.44. The standard InChI is InChI=1S/C24H31Cl3O2/c1-6-16(2)14-28-20-9-7-18(8-10-20)24(4,5)19-11-21(26)23(22(27)12-19)29-15-17(3)13-25/h7-12,16-17H,6,13-15H2,1-5H3/t16-,17+/m0/s1. The minimum atomic E-state index is -0.273. The van der Waals surface area contributed by atoms with Crippen LogP contribution >= 0.6 is 34.8 Å². The molecule has 29 heavy (non-hydrogen) atoms. The van der Waals surface area contributed by atoms with E-state index in [0.717, 1.165) is 29.9 Å². The fourth-order valence-electron chi connectivity index (χ4n) is 2.82. The van der Waals surface area contributed by atoms with Gasteiger partial charge < -0.3 is 9.47 Å². The van der Waals surface area contributed by atoms with Crippen LogP contribution in [0.5, 0.6) is 11.5 Å². The summed E-state index contributed by atoms with van der Waals surface area (Å²) in [6, 6.07) is 12.1. The van der Waals surface area contributed by atoms with Crippen LogP contribution in [0.1, 0.15) is 52.2 Å². The van der Waals surface area contributed by atoms with E-state index in [2.05, 4.69) is 39.8 Å². The van der Waals surface area contributed by atoms with Crippen LogP contribution in [-0.2, 0) is 5.41 Å². The number of alkyl halides is 1. The molecule has 0 saturated heterocycles. The van der Waals surface area contributed by atoms with Crippen molar-refractivity contribution in [3.63, 3.8) is 0 Å². The Balaban J connectivity index is 2.19. The molecule has 0 saturated carbocycles. The average Bonchev–Trinajstić information content (AvgIpc) is 2.71. The lowest BCUT2D eigenvalue weighted by molar-refractivity contribution is 0.256. The molecule has 2 nitrogen and oxygen atoms in total. The molecule has 0 radical (unpaired) electrons. The maximum absolute atomic E-state index is 6.50. The zero-order valence-corrected chi connectivity index (χ0v) is 20.2. The van der Waals surface area contributed by atoms with Crippen molar-refractivity contribution in [1.29, 1.82) is 0 Å². The molecule has 0 unspecified atom stereocenters. The summed E-state index contributed by atoms with van der Waals surface area (Å²) in [5.41, 5.74) is 1.91. The molecular formula is C24H31Cl3O2. The van der Waals surface area contributed by atoms with Crippen LogP contribution in [0.15, 0.2) is 36.4 Å². The van der Waals surface area contributed by atoms with Gasteiger partial charge in [0.2, 0.25) is 0 Å². The topological polar surface area (TPSA) is 18.5 Å². The van der Waals surface area contributed by atoms with E-state index < -0.39 is 0 Å². The highest BCUT2D eigenvalue weighted by Gasteiger charge is 2.26. The molecule has 0 spiro atoms. The molecule has 0 N–H and O–H groups in total. The lowest BCUT2D eigenvalue weighted by Crippen LogP contribution is -2.19. The van der Waals surface area contributed by atoms with Crippen molar-refractivity contribution in [3.05, 3.63) is 57.6 Å². The fraction of sp³-hybridized carbons (Fsp3) is 0.500. The van der Waals surface area contributed by atoms with Crippen LogP contribution < -0.4 is 9.47 Å². The minimum absolute atomic E-state index is 0.223. The first-order valence-electron chi connectivity index (χ1n) is 10.1. The monoisotopic (exact) mass is 456 g/mol. The Morgan fingerprint density at radius 1 is 0.862 bits per heavy atom. The zero-order valence-electron chi connectivity index (χ0n) is 17.9. The molecule has 0 aliphatic carbocycles. The van der Waals surface area contributed by atoms with Crippen LogP contribution in [0.25, 0.3) is 0 Å². The Labute approximate surface area is 190 Å². The van der Waals surface area contributed by atoms with Gasteiger partial charge in [-0.25, -0.2) is 0 Å². The molecule has 2 rings (SSSR count). The van der Waals surface area contributed by atoms with Gasteiger partial charge >= 0.3 is 0 Å². The summed E-state index contributed by atoms with van der Waals surface area (Å²) in [6.07, 6.45) is 1.11. The molecule has 0 aliphatic heterocycles. The SMILES string of the molecule is CC[C@H](C)COc1ccc(C(C)(C)c2cc(Cl)c(OC[C@H](C)CCl)c(Cl)c2)cc1. The first-order chi connectivity index (χ1) is 13.7. The van der Waals surface area contributed by atoms with Crippen LogP contribution in [0.2, 0.25) is 10.0 Å². The lowest BCUT2D eigenvalue weighted by Gasteiger charge is -2.27. The summed E-state index contributed by atoms with van der Waals surface area (Å²) >= 11 is 18.9. The van der Waals surface area contributed by atoms with Crippen LogP contribution in [-0.4, -0.2) is 19.1 Å². The maximum Gasteiger partial charge on any atom is 0.156 e. The molecule has 2 aromatic carbocycles. The maximum atomic E-state index is 6.50. The predicted molar refractivity (Wildman–Crippen MR) is 125 cm³/mol. The Morgan fingerprint density at radius 3 is 1.93 bits per heavy atom. The normalized spacial score (nSPS) is 13.8. The summed E-state index contributed by atoms with van der Waals surface area (Å²) < 4.78 is 11.7. The van der Waals surface area contributed by atoms with E-state index in [1.54, 1.807) is 0 Å². The van der Waals surface area contributed by atoms with Gasteiger partial charge in [-0.05, 0) is 41.3 Å². The molecule has 2 aromatic rings. The number of hydrogen-bond donors (Lipinski definition) is 0. The molecule has 0 bridgehead atoms. The number of hydrogen-bond acceptors (Lipinski definition) is 2. The molecule has 0 aliphatic rings. The van der Waals surface area contributed by atoms with Gasteiger partial charge in [-0.2, -0.15) is 0 Å². The highest BCUT2D eigenvalue weighted by Crippen LogP contribution is 2.40. The zero-order chi connectivity index (χ0) is 21.6. The van der Waals surface area contributed by atoms with E-state index in [0.29, 0.717) is 34.2 Å². The molecule has 0 amide bonds. The highest BCUT2D eigenvalue weighted by atomic mass is 35.5. The van der Waals surface area contributed by atoms with E-state index >= 15 is 0 Å². The van der Waals surface area contributed by atoms with Crippen LogP contribution in [0, 0.1) is 11.8 Å². The summed E-state index contributed by atoms with van der Waals surface area (Å²) in [5.74, 6) is 2.69. The first-order valence-corrected chi connectivity index (χ1v) is 11.4. The molecule has 0 fully saturated rings. The Bertz CT molecular complexity index is 764. The lowest BCUT2D eigenvalue weighted by atomic mass is 9.78.